The number of hydrogen-bond donors (Lipinski definition) is 1. The van der Waals surface area contributed by atoms with E-state index in [0.717, 1.165) is 11.1 Å². The maximum atomic E-state index is 12.8. The lowest BCUT2D eigenvalue weighted by Crippen LogP contribution is -2.31. The molecule has 1 amide bonds. The summed E-state index contributed by atoms with van der Waals surface area (Å²) in [5, 5.41) is 3.12. The topological polar surface area (TPSA) is 73.2 Å². The Labute approximate surface area is 161 Å². The van der Waals surface area contributed by atoms with Gasteiger partial charge in [0.25, 0.3) is 11.5 Å². The molecule has 3 rings (SSSR count). The number of aryl methyl sites for hydroxylation is 3. The second-order valence-corrected chi connectivity index (χ2v) is 6.67. The predicted molar refractivity (Wildman–Crippen MR) is 107 cm³/mol. The van der Waals surface area contributed by atoms with Crippen LogP contribution in [0.5, 0.6) is 5.75 Å². The van der Waals surface area contributed by atoms with E-state index in [-0.39, 0.29) is 5.69 Å². The summed E-state index contributed by atoms with van der Waals surface area (Å²) in [6.45, 7) is 6.23. The van der Waals surface area contributed by atoms with Crippen molar-refractivity contribution in [2.24, 2.45) is 0 Å². The van der Waals surface area contributed by atoms with E-state index in [4.69, 9.17) is 16.3 Å². The molecule has 0 aliphatic heterocycles. The summed E-state index contributed by atoms with van der Waals surface area (Å²) in [5.41, 5.74) is 3.18. The SMILES string of the molecule is CCn1c(=O)c(C(=O)Nc2cc(Cl)ccc2OC)nc2cc(C)c(C)cc21. The second-order valence-electron chi connectivity index (χ2n) is 6.23. The molecule has 0 spiro atoms. The van der Waals surface area contributed by atoms with Crippen LogP contribution in [0.1, 0.15) is 28.5 Å². The summed E-state index contributed by atoms with van der Waals surface area (Å²) in [7, 11) is 1.49. The van der Waals surface area contributed by atoms with E-state index in [0.29, 0.717) is 34.0 Å². The molecule has 0 radical (unpaired) electrons. The molecule has 0 aliphatic carbocycles. The third-order valence-electron chi connectivity index (χ3n) is 4.50. The quantitative estimate of drug-likeness (QED) is 0.738. The van der Waals surface area contributed by atoms with Crippen molar-refractivity contribution in [3.63, 3.8) is 0 Å². The first-order chi connectivity index (χ1) is 12.8. The number of nitrogens with one attached hydrogen (secondary N) is 1. The highest BCUT2D eigenvalue weighted by Gasteiger charge is 2.19. The number of carbonyl (C=O) groups excluding carboxylic acids is 1. The van der Waals surface area contributed by atoms with Crippen molar-refractivity contribution in [3.8, 4) is 5.75 Å². The Bertz CT molecular complexity index is 1110. The van der Waals surface area contributed by atoms with Crippen molar-refractivity contribution in [2.45, 2.75) is 27.3 Å². The number of aromatic nitrogens is 2. The Morgan fingerprint density at radius 3 is 2.59 bits per heavy atom. The van der Waals surface area contributed by atoms with Gasteiger partial charge in [0.05, 0.1) is 23.8 Å². The van der Waals surface area contributed by atoms with Crippen LogP contribution in [0.15, 0.2) is 35.1 Å². The molecule has 2 aromatic carbocycles. The summed E-state index contributed by atoms with van der Waals surface area (Å²) in [5.74, 6) is -0.168. The second kappa shape index (κ2) is 7.40. The Kier molecular flexibility index (Phi) is 5.19. The molecule has 1 heterocycles. The molecule has 140 valence electrons. The van der Waals surface area contributed by atoms with Gasteiger partial charge in [0, 0.05) is 11.6 Å². The van der Waals surface area contributed by atoms with Crippen LogP contribution in [0.3, 0.4) is 0 Å². The molecule has 3 aromatic rings. The van der Waals surface area contributed by atoms with Crippen LogP contribution in [-0.2, 0) is 6.54 Å². The molecule has 6 nitrogen and oxygen atoms in total. The van der Waals surface area contributed by atoms with E-state index in [1.165, 1.54) is 7.11 Å². The largest absolute Gasteiger partial charge is 0.495 e. The molecule has 1 aromatic heterocycles. The maximum Gasteiger partial charge on any atom is 0.282 e. The van der Waals surface area contributed by atoms with Crippen LogP contribution in [-0.4, -0.2) is 22.6 Å². The number of halogens is 1. The van der Waals surface area contributed by atoms with Crippen LogP contribution < -0.4 is 15.6 Å². The smallest absolute Gasteiger partial charge is 0.282 e. The molecular formula is C20H20ClN3O3. The first-order valence-electron chi connectivity index (χ1n) is 8.52. The molecule has 0 bridgehead atoms. The van der Waals surface area contributed by atoms with Crippen molar-refractivity contribution in [2.75, 3.05) is 12.4 Å². The Morgan fingerprint density at radius 2 is 1.93 bits per heavy atom. The zero-order valence-electron chi connectivity index (χ0n) is 15.6. The summed E-state index contributed by atoms with van der Waals surface area (Å²) in [4.78, 5) is 30.0. The lowest BCUT2D eigenvalue weighted by molar-refractivity contribution is 0.102. The first-order valence-corrected chi connectivity index (χ1v) is 8.90. The van der Waals surface area contributed by atoms with Gasteiger partial charge in [-0.2, -0.15) is 0 Å². The number of carbonyl (C=O) groups is 1. The fourth-order valence-electron chi connectivity index (χ4n) is 2.92. The van der Waals surface area contributed by atoms with E-state index < -0.39 is 11.5 Å². The highest BCUT2D eigenvalue weighted by atomic mass is 35.5. The number of anilines is 1. The molecular weight excluding hydrogens is 366 g/mol. The normalized spacial score (nSPS) is 10.9. The van der Waals surface area contributed by atoms with E-state index in [1.54, 1.807) is 22.8 Å². The number of methoxy groups -OCH3 is 1. The highest BCUT2D eigenvalue weighted by molar-refractivity contribution is 6.31. The third kappa shape index (κ3) is 3.53. The molecule has 1 N–H and O–H groups in total. The summed E-state index contributed by atoms with van der Waals surface area (Å²) >= 11 is 6.00. The van der Waals surface area contributed by atoms with Gasteiger partial charge in [0.2, 0.25) is 0 Å². The van der Waals surface area contributed by atoms with Crippen molar-refractivity contribution in [3.05, 3.63) is 62.5 Å². The standard InChI is InChI=1S/C20H20ClN3O3/c1-5-24-16-9-12(3)11(2)8-14(16)22-18(20(24)26)19(25)23-15-10-13(21)6-7-17(15)27-4/h6-10H,5H2,1-4H3,(H,23,25). The summed E-state index contributed by atoms with van der Waals surface area (Å²) in [6.07, 6.45) is 0. The minimum Gasteiger partial charge on any atom is -0.495 e. The maximum absolute atomic E-state index is 12.8. The highest BCUT2D eigenvalue weighted by Crippen LogP contribution is 2.28. The van der Waals surface area contributed by atoms with Gasteiger partial charge in [-0.15, -0.1) is 0 Å². The van der Waals surface area contributed by atoms with E-state index in [9.17, 15) is 9.59 Å². The number of benzene rings is 2. The number of rotatable bonds is 4. The van der Waals surface area contributed by atoms with Gasteiger partial charge < -0.3 is 14.6 Å². The van der Waals surface area contributed by atoms with Gasteiger partial charge in [0.1, 0.15) is 5.75 Å². The van der Waals surface area contributed by atoms with Crippen LogP contribution in [0.2, 0.25) is 5.02 Å². The number of ether oxygens (including phenoxy) is 1. The van der Waals surface area contributed by atoms with Gasteiger partial charge >= 0.3 is 0 Å². The number of fused-ring (bicyclic) bond motifs is 1. The monoisotopic (exact) mass is 385 g/mol. The average molecular weight is 386 g/mol. The Balaban J connectivity index is 2.13. The molecule has 0 atom stereocenters. The predicted octanol–water partition coefficient (Wildman–Crippen LogP) is 3.95. The Morgan fingerprint density at radius 1 is 1.22 bits per heavy atom. The van der Waals surface area contributed by atoms with E-state index >= 15 is 0 Å². The first kappa shape index (κ1) is 18.9. The number of nitrogens with zero attached hydrogens (tertiary/aromatic N) is 2. The minimum absolute atomic E-state index is 0.172. The lowest BCUT2D eigenvalue weighted by Gasteiger charge is -2.13. The van der Waals surface area contributed by atoms with Crippen molar-refractivity contribution >= 4 is 34.2 Å². The van der Waals surface area contributed by atoms with Crippen LogP contribution >= 0.6 is 11.6 Å². The zero-order valence-corrected chi connectivity index (χ0v) is 16.3. The molecule has 0 aliphatic rings. The van der Waals surface area contributed by atoms with Gasteiger partial charge in [-0.05, 0) is 62.2 Å². The molecule has 0 unspecified atom stereocenters. The molecule has 0 saturated heterocycles. The van der Waals surface area contributed by atoms with Gasteiger partial charge in [0.15, 0.2) is 5.69 Å². The van der Waals surface area contributed by atoms with Crippen molar-refractivity contribution in [1.82, 2.24) is 9.55 Å². The third-order valence-corrected chi connectivity index (χ3v) is 4.74. The zero-order chi connectivity index (χ0) is 19.7. The van der Waals surface area contributed by atoms with Gasteiger partial charge in [-0.25, -0.2) is 4.98 Å². The van der Waals surface area contributed by atoms with Crippen LogP contribution in [0, 0.1) is 13.8 Å². The fourth-order valence-corrected chi connectivity index (χ4v) is 3.09. The lowest BCUT2D eigenvalue weighted by atomic mass is 10.1. The van der Waals surface area contributed by atoms with Gasteiger partial charge in [-0.3, -0.25) is 9.59 Å². The summed E-state index contributed by atoms with van der Waals surface area (Å²) in [6, 6.07) is 8.66. The van der Waals surface area contributed by atoms with Crippen molar-refractivity contribution < 1.29 is 9.53 Å². The van der Waals surface area contributed by atoms with Gasteiger partial charge in [-0.1, -0.05) is 11.6 Å². The fraction of sp³-hybridized carbons (Fsp3) is 0.250. The number of amides is 1. The molecule has 0 saturated carbocycles. The molecule has 7 heteroatoms. The minimum atomic E-state index is -0.608. The average Bonchev–Trinajstić information content (AvgIpc) is 2.63. The van der Waals surface area contributed by atoms with E-state index in [2.05, 4.69) is 10.3 Å². The summed E-state index contributed by atoms with van der Waals surface area (Å²) < 4.78 is 6.79. The van der Waals surface area contributed by atoms with Crippen LogP contribution in [0.4, 0.5) is 5.69 Å². The van der Waals surface area contributed by atoms with E-state index in [1.807, 2.05) is 32.9 Å². The Hall–Kier alpha value is -2.86. The van der Waals surface area contributed by atoms with Crippen molar-refractivity contribution in [1.29, 1.82) is 0 Å². The van der Waals surface area contributed by atoms with Crippen LogP contribution in [0.25, 0.3) is 11.0 Å². The molecule has 27 heavy (non-hydrogen) atoms. The molecule has 0 fully saturated rings. The number of hydrogen-bond acceptors (Lipinski definition) is 4.